The fraction of sp³-hybridized carbons (Fsp3) is 0.333. The molecule has 104 valence electrons. The summed E-state index contributed by atoms with van der Waals surface area (Å²) in [5, 5.41) is 0. The van der Waals surface area contributed by atoms with E-state index in [9.17, 15) is 4.79 Å². The average Bonchev–Trinajstić information content (AvgIpc) is 2.44. The highest BCUT2D eigenvalue weighted by atomic mass is 16.5. The Morgan fingerprint density at radius 2 is 2.10 bits per heavy atom. The summed E-state index contributed by atoms with van der Waals surface area (Å²) in [6, 6.07) is 8.36. The van der Waals surface area contributed by atoms with Crippen LogP contribution in [0, 0.1) is 6.42 Å². The lowest BCUT2D eigenvalue weighted by atomic mass is 9.93. The summed E-state index contributed by atoms with van der Waals surface area (Å²) < 4.78 is 5.01. The minimum atomic E-state index is -0.247. The first-order valence-electron chi connectivity index (χ1n) is 7.08. The first-order chi connectivity index (χ1) is 9.79. The largest absolute Gasteiger partial charge is 0.463 e. The SMILES string of the molecule is CCOC(=O)C=C1C/C=C\C[C]Cc2ccccc2C1. The van der Waals surface area contributed by atoms with Gasteiger partial charge < -0.3 is 4.74 Å². The molecule has 0 atom stereocenters. The zero-order valence-corrected chi connectivity index (χ0v) is 11.9. The minimum Gasteiger partial charge on any atom is -0.463 e. The number of allylic oxidation sites excluding steroid dienone is 3. The maximum Gasteiger partial charge on any atom is 0.330 e. The van der Waals surface area contributed by atoms with Gasteiger partial charge in [0.25, 0.3) is 0 Å². The van der Waals surface area contributed by atoms with Gasteiger partial charge in [0.15, 0.2) is 0 Å². The van der Waals surface area contributed by atoms with Crippen LogP contribution < -0.4 is 0 Å². The van der Waals surface area contributed by atoms with Gasteiger partial charge in [-0.2, -0.15) is 0 Å². The predicted octanol–water partition coefficient (Wildman–Crippen LogP) is 3.69. The smallest absolute Gasteiger partial charge is 0.330 e. The summed E-state index contributed by atoms with van der Waals surface area (Å²) in [6.45, 7) is 2.24. The molecule has 20 heavy (non-hydrogen) atoms. The molecule has 0 fully saturated rings. The Morgan fingerprint density at radius 3 is 2.90 bits per heavy atom. The molecule has 0 spiro atoms. The molecule has 1 aromatic carbocycles. The van der Waals surface area contributed by atoms with Crippen molar-refractivity contribution in [3.05, 3.63) is 65.6 Å². The molecule has 0 saturated carbocycles. The van der Waals surface area contributed by atoms with E-state index in [0.29, 0.717) is 6.61 Å². The molecule has 0 N–H and O–H groups in total. The highest BCUT2D eigenvalue weighted by molar-refractivity contribution is 5.82. The van der Waals surface area contributed by atoms with Gasteiger partial charge in [-0.25, -0.2) is 4.79 Å². The molecule has 0 saturated heterocycles. The number of hydrogen-bond acceptors (Lipinski definition) is 2. The molecule has 0 aromatic heterocycles. The third kappa shape index (κ3) is 4.37. The van der Waals surface area contributed by atoms with Crippen molar-refractivity contribution in [2.45, 2.75) is 32.6 Å². The zero-order valence-electron chi connectivity index (χ0n) is 11.9. The number of benzene rings is 1. The van der Waals surface area contributed by atoms with Crippen LogP contribution in [0.3, 0.4) is 0 Å². The van der Waals surface area contributed by atoms with Gasteiger partial charge in [0, 0.05) is 6.08 Å². The van der Waals surface area contributed by atoms with Crippen LogP contribution in [0.25, 0.3) is 0 Å². The molecule has 1 aliphatic rings. The first kappa shape index (κ1) is 14.6. The molecule has 0 heterocycles. The molecule has 2 nitrogen and oxygen atoms in total. The lowest BCUT2D eigenvalue weighted by molar-refractivity contribution is -0.137. The van der Waals surface area contributed by atoms with E-state index in [4.69, 9.17) is 4.74 Å². The summed E-state index contributed by atoms with van der Waals surface area (Å²) in [5.74, 6) is -0.247. The fourth-order valence-corrected chi connectivity index (χ4v) is 2.29. The normalized spacial score (nSPS) is 19.1. The Hall–Kier alpha value is -1.83. The molecule has 1 aromatic rings. The Balaban J connectivity index is 2.23. The minimum absolute atomic E-state index is 0.247. The van der Waals surface area contributed by atoms with Crippen molar-refractivity contribution in [1.82, 2.24) is 0 Å². The van der Waals surface area contributed by atoms with Gasteiger partial charge in [-0.1, -0.05) is 42.0 Å². The van der Waals surface area contributed by atoms with E-state index in [1.54, 1.807) is 6.08 Å². The quantitative estimate of drug-likeness (QED) is 0.464. The lowest BCUT2D eigenvalue weighted by Gasteiger charge is -2.12. The number of carbonyl (C=O) groups excluding carboxylic acids is 1. The molecule has 0 amide bonds. The monoisotopic (exact) mass is 268 g/mol. The van der Waals surface area contributed by atoms with Crippen molar-refractivity contribution in [3.63, 3.8) is 0 Å². The summed E-state index contributed by atoms with van der Waals surface area (Å²) in [6.07, 6.45) is 12.5. The first-order valence-corrected chi connectivity index (χ1v) is 7.08. The van der Waals surface area contributed by atoms with Crippen molar-refractivity contribution in [1.29, 1.82) is 0 Å². The summed E-state index contributed by atoms with van der Waals surface area (Å²) in [4.78, 5) is 11.6. The molecule has 2 heteroatoms. The molecule has 0 unspecified atom stereocenters. The van der Waals surface area contributed by atoms with Crippen molar-refractivity contribution in [2.24, 2.45) is 0 Å². The van der Waals surface area contributed by atoms with Crippen LogP contribution in [0.15, 0.2) is 48.1 Å². The van der Waals surface area contributed by atoms with E-state index < -0.39 is 0 Å². The molecule has 1 aliphatic carbocycles. The average molecular weight is 268 g/mol. The van der Waals surface area contributed by atoms with Crippen LogP contribution >= 0.6 is 0 Å². The second-order valence-electron chi connectivity index (χ2n) is 4.81. The number of rotatable bonds is 2. The Bertz CT molecular complexity index is 512. The number of esters is 1. The van der Waals surface area contributed by atoms with E-state index in [1.165, 1.54) is 11.1 Å². The predicted molar refractivity (Wildman–Crippen MR) is 80.2 cm³/mol. The fourth-order valence-electron chi connectivity index (χ4n) is 2.29. The van der Waals surface area contributed by atoms with Gasteiger partial charge in [-0.3, -0.25) is 0 Å². The molecule has 0 aliphatic heterocycles. The summed E-state index contributed by atoms with van der Waals surface area (Å²) >= 11 is 0. The number of hydrogen-bond donors (Lipinski definition) is 0. The second-order valence-corrected chi connectivity index (χ2v) is 4.81. The number of ether oxygens (including phenoxy) is 1. The highest BCUT2D eigenvalue weighted by Crippen LogP contribution is 2.20. The maximum absolute atomic E-state index is 11.6. The van der Waals surface area contributed by atoms with E-state index >= 15 is 0 Å². The lowest BCUT2D eigenvalue weighted by Crippen LogP contribution is -2.04. The van der Waals surface area contributed by atoms with Crippen LogP contribution in [0.2, 0.25) is 0 Å². The second kappa shape index (κ2) is 7.68. The maximum atomic E-state index is 11.6. The molecule has 2 radical (unpaired) electrons. The topological polar surface area (TPSA) is 26.3 Å². The third-order valence-corrected chi connectivity index (χ3v) is 3.27. The van der Waals surface area contributed by atoms with Crippen molar-refractivity contribution in [2.75, 3.05) is 6.61 Å². The van der Waals surface area contributed by atoms with Gasteiger partial charge in [0.2, 0.25) is 0 Å². The van der Waals surface area contributed by atoms with Crippen molar-refractivity contribution >= 4 is 5.97 Å². The van der Waals surface area contributed by atoms with Gasteiger partial charge in [0.05, 0.1) is 6.61 Å². The summed E-state index contributed by atoms with van der Waals surface area (Å²) in [7, 11) is 0. The molecule has 2 rings (SSSR count). The highest BCUT2D eigenvalue weighted by Gasteiger charge is 2.08. The number of carbonyl (C=O) groups is 1. The Labute approximate surface area is 121 Å². The number of fused-ring (bicyclic) bond motifs is 1. The van der Waals surface area contributed by atoms with Crippen LogP contribution in [0.1, 0.15) is 30.9 Å². The van der Waals surface area contributed by atoms with Gasteiger partial charge in [0.1, 0.15) is 0 Å². The van der Waals surface area contributed by atoms with E-state index in [1.807, 2.05) is 13.0 Å². The molecular formula is C18H20O2. The van der Waals surface area contributed by atoms with E-state index in [0.717, 1.165) is 31.3 Å². The Morgan fingerprint density at radius 1 is 1.30 bits per heavy atom. The Kier molecular flexibility index (Phi) is 5.60. The van der Waals surface area contributed by atoms with E-state index in [-0.39, 0.29) is 5.97 Å². The molecular weight excluding hydrogens is 248 g/mol. The van der Waals surface area contributed by atoms with Gasteiger partial charge in [-0.15, -0.1) is 0 Å². The van der Waals surface area contributed by atoms with Crippen LogP contribution in [0.5, 0.6) is 0 Å². The van der Waals surface area contributed by atoms with Gasteiger partial charge in [-0.05, 0) is 50.2 Å². The third-order valence-electron chi connectivity index (χ3n) is 3.27. The zero-order chi connectivity index (χ0) is 14.2. The van der Waals surface area contributed by atoms with Crippen molar-refractivity contribution < 1.29 is 9.53 Å². The van der Waals surface area contributed by atoms with Crippen molar-refractivity contribution in [3.8, 4) is 0 Å². The van der Waals surface area contributed by atoms with Crippen LogP contribution in [-0.4, -0.2) is 12.6 Å². The van der Waals surface area contributed by atoms with E-state index in [2.05, 4.69) is 36.8 Å². The summed E-state index contributed by atoms with van der Waals surface area (Å²) in [5.41, 5.74) is 3.65. The van der Waals surface area contributed by atoms with Crippen LogP contribution in [0.4, 0.5) is 0 Å². The molecule has 0 bridgehead atoms. The standard InChI is InChI=1S/C18H20O2/c1-2-20-18(19)14-15-9-5-3-4-6-10-16-11-7-8-12-17(16)13-15/h3,5,7-8,11-12,14H,2,4,9-10,13H2,1H3/b5-3-,15-14?. The van der Waals surface area contributed by atoms with Gasteiger partial charge >= 0.3 is 5.97 Å². The van der Waals surface area contributed by atoms with Crippen LogP contribution in [-0.2, 0) is 22.4 Å².